The van der Waals surface area contributed by atoms with Crippen molar-refractivity contribution in [3.63, 3.8) is 0 Å². The van der Waals surface area contributed by atoms with E-state index in [9.17, 15) is 19.6 Å². The Balaban J connectivity index is 3.18. The van der Waals surface area contributed by atoms with E-state index >= 15 is 0 Å². The maximum Gasteiger partial charge on any atom is 0.274 e. The number of hydrogen-bond donors (Lipinski definition) is 1. The van der Waals surface area contributed by atoms with E-state index in [1.165, 1.54) is 18.2 Å². The summed E-state index contributed by atoms with van der Waals surface area (Å²) in [4.78, 5) is 29.1. The standard InChI is InChI=1S/C7H7BrNO5P/c8-6-2-1-5(4-15(12,13)14)7(3-6)9(10)11/h1-3H,4H2,(H2,12,13,14)/p-1. The molecule has 0 fully saturated rings. The van der Waals surface area contributed by atoms with Crippen LogP contribution >= 0.6 is 23.5 Å². The summed E-state index contributed by atoms with van der Waals surface area (Å²) >= 11 is 3.03. The number of hydrogen-bond acceptors (Lipinski definition) is 4. The molecule has 0 spiro atoms. The normalized spacial score (nSPS) is 14.6. The predicted molar refractivity (Wildman–Crippen MR) is 54.3 cm³/mol. The molecule has 0 aliphatic heterocycles. The van der Waals surface area contributed by atoms with Gasteiger partial charge in [0.15, 0.2) is 0 Å². The third-order valence-corrected chi connectivity index (χ3v) is 2.85. The first-order chi connectivity index (χ1) is 6.79. The Morgan fingerprint density at radius 2 is 2.13 bits per heavy atom. The van der Waals surface area contributed by atoms with Crippen LogP contribution in [0.4, 0.5) is 5.69 Å². The first-order valence-corrected chi connectivity index (χ1v) is 6.31. The van der Waals surface area contributed by atoms with Crippen LogP contribution in [0.5, 0.6) is 0 Å². The lowest BCUT2D eigenvalue weighted by Gasteiger charge is -2.15. The van der Waals surface area contributed by atoms with Crippen molar-refractivity contribution in [1.29, 1.82) is 0 Å². The van der Waals surface area contributed by atoms with E-state index in [0.29, 0.717) is 4.47 Å². The van der Waals surface area contributed by atoms with Gasteiger partial charge in [-0.1, -0.05) is 22.0 Å². The third-order valence-electron chi connectivity index (χ3n) is 1.61. The first kappa shape index (κ1) is 12.3. The highest BCUT2D eigenvalue weighted by Crippen LogP contribution is 2.38. The molecular weight excluding hydrogens is 289 g/mol. The van der Waals surface area contributed by atoms with Crippen LogP contribution in [0, 0.1) is 10.1 Å². The fraction of sp³-hybridized carbons (Fsp3) is 0.143. The van der Waals surface area contributed by atoms with Crippen molar-refractivity contribution in [3.8, 4) is 0 Å². The Hall–Kier alpha value is -0.750. The Kier molecular flexibility index (Phi) is 3.62. The minimum Gasteiger partial charge on any atom is -0.778 e. The van der Waals surface area contributed by atoms with Gasteiger partial charge >= 0.3 is 0 Å². The molecule has 82 valence electrons. The molecule has 0 bridgehead atoms. The van der Waals surface area contributed by atoms with Crippen LogP contribution in [0.3, 0.4) is 0 Å². The van der Waals surface area contributed by atoms with Gasteiger partial charge in [-0.3, -0.25) is 10.1 Å². The van der Waals surface area contributed by atoms with E-state index in [-0.39, 0.29) is 11.3 Å². The zero-order valence-electron chi connectivity index (χ0n) is 7.29. The highest BCUT2D eigenvalue weighted by Gasteiger charge is 2.17. The summed E-state index contributed by atoms with van der Waals surface area (Å²) in [5.41, 5.74) is -0.376. The summed E-state index contributed by atoms with van der Waals surface area (Å²) in [5, 5.41) is 10.6. The number of halogens is 1. The number of nitro groups is 1. The Morgan fingerprint density at radius 3 is 2.60 bits per heavy atom. The van der Waals surface area contributed by atoms with Crippen molar-refractivity contribution in [2.45, 2.75) is 6.16 Å². The van der Waals surface area contributed by atoms with Crippen molar-refractivity contribution in [2.24, 2.45) is 0 Å². The lowest BCUT2D eigenvalue weighted by atomic mass is 10.2. The van der Waals surface area contributed by atoms with Gasteiger partial charge in [0, 0.05) is 22.3 Å². The largest absolute Gasteiger partial charge is 0.778 e. The molecule has 0 heterocycles. The fourth-order valence-electron chi connectivity index (χ4n) is 1.06. The number of nitrogens with zero attached hydrogens (tertiary/aromatic N) is 1. The Labute approximate surface area is 93.4 Å². The van der Waals surface area contributed by atoms with E-state index < -0.39 is 18.7 Å². The molecule has 8 heteroatoms. The van der Waals surface area contributed by atoms with Gasteiger partial charge < -0.3 is 14.4 Å². The lowest BCUT2D eigenvalue weighted by molar-refractivity contribution is -0.385. The minimum atomic E-state index is -4.54. The van der Waals surface area contributed by atoms with Gasteiger partial charge in [0.25, 0.3) is 5.69 Å². The molecular formula is C7H6BrNO5P-. The molecule has 0 aliphatic carbocycles. The molecule has 15 heavy (non-hydrogen) atoms. The molecule has 1 rings (SSSR count). The van der Waals surface area contributed by atoms with E-state index in [1.54, 1.807) is 0 Å². The van der Waals surface area contributed by atoms with Gasteiger partial charge in [0.05, 0.1) is 4.92 Å². The average molecular weight is 295 g/mol. The summed E-state index contributed by atoms with van der Waals surface area (Å²) in [6.45, 7) is 0. The molecule has 0 saturated carbocycles. The highest BCUT2D eigenvalue weighted by molar-refractivity contribution is 9.10. The smallest absolute Gasteiger partial charge is 0.274 e. The maximum atomic E-state index is 10.6. The molecule has 1 aromatic rings. The Bertz CT molecular complexity index is 443. The van der Waals surface area contributed by atoms with E-state index in [1.807, 2.05) is 0 Å². The monoisotopic (exact) mass is 294 g/mol. The average Bonchev–Trinajstić information content (AvgIpc) is 2.05. The van der Waals surface area contributed by atoms with Crippen LogP contribution in [-0.2, 0) is 10.7 Å². The highest BCUT2D eigenvalue weighted by atomic mass is 79.9. The van der Waals surface area contributed by atoms with Crippen molar-refractivity contribution in [3.05, 3.63) is 38.3 Å². The summed E-state index contributed by atoms with van der Waals surface area (Å²) in [5.74, 6) is 0. The van der Waals surface area contributed by atoms with Crippen molar-refractivity contribution >= 4 is 29.2 Å². The second kappa shape index (κ2) is 4.40. The first-order valence-electron chi connectivity index (χ1n) is 3.75. The van der Waals surface area contributed by atoms with Crippen LogP contribution in [-0.4, -0.2) is 9.82 Å². The van der Waals surface area contributed by atoms with E-state index in [2.05, 4.69) is 15.9 Å². The van der Waals surface area contributed by atoms with E-state index in [0.717, 1.165) is 0 Å². The van der Waals surface area contributed by atoms with Gasteiger partial charge in [-0.25, -0.2) is 0 Å². The summed E-state index contributed by atoms with van der Waals surface area (Å²) in [7, 11) is -4.54. The molecule has 1 unspecified atom stereocenters. The van der Waals surface area contributed by atoms with Crippen molar-refractivity contribution in [1.82, 2.24) is 0 Å². The number of rotatable bonds is 3. The topological polar surface area (TPSA) is 104 Å². The second-order valence-corrected chi connectivity index (χ2v) is 5.33. The predicted octanol–water partition coefficient (Wildman–Crippen LogP) is 1.40. The quantitative estimate of drug-likeness (QED) is 0.515. The molecule has 0 amide bonds. The summed E-state index contributed by atoms with van der Waals surface area (Å²) in [6, 6.07) is 3.94. The van der Waals surface area contributed by atoms with Gasteiger partial charge in [0.2, 0.25) is 0 Å². The molecule has 0 aliphatic rings. The molecule has 0 aromatic heterocycles. The minimum absolute atomic E-state index is 0.0379. The number of benzene rings is 1. The zero-order valence-corrected chi connectivity index (χ0v) is 9.77. The van der Waals surface area contributed by atoms with Gasteiger partial charge in [-0.15, -0.1) is 0 Å². The molecule has 1 atom stereocenters. The van der Waals surface area contributed by atoms with Crippen LogP contribution in [0.15, 0.2) is 22.7 Å². The SMILES string of the molecule is O=[N+]([O-])c1cc(Br)ccc1CP(=O)([O-])O. The second-order valence-electron chi connectivity index (χ2n) is 2.83. The van der Waals surface area contributed by atoms with Crippen LogP contribution < -0.4 is 4.89 Å². The third kappa shape index (κ3) is 3.71. The van der Waals surface area contributed by atoms with Crippen LogP contribution in [0.1, 0.15) is 5.56 Å². The summed E-state index contributed by atoms with van der Waals surface area (Å²) in [6.07, 6.45) is -0.739. The van der Waals surface area contributed by atoms with Gasteiger partial charge in [-0.2, -0.15) is 0 Å². The molecule has 0 saturated heterocycles. The molecule has 6 nitrogen and oxygen atoms in total. The van der Waals surface area contributed by atoms with Crippen LogP contribution in [0.2, 0.25) is 0 Å². The number of nitro benzene ring substituents is 1. The molecule has 1 N–H and O–H groups in total. The van der Waals surface area contributed by atoms with Crippen LogP contribution in [0.25, 0.3) is 0 Å². The van der Waals surface area contributed by atoms with Crippen molar-refractivity contribution < 1.29 is 19.3 Å². The van der Waals surface area contributed by atoms with Crippen molar-refractivity contribution in [2.75, 3.05) is 0 Å². The summed E-state index contributed by atoms with van der Waals surface area (Å²) < 4.78 is 11.1. The molecule has 0 radical (unpaired) electrons. The van der Waals surface area contributed by atoms with Gasteiger partial charge in [-0.05, 0) is 6.07 Å². The maximum absolute atomic E-state index is 10.6. The lowest BCUT2D eigenvalue weighted by Crippen LogP contribution is -2.04. The van der Waals surface area contributed by atoms with Gasteiger partial charge in [0.1, 0.15) is 7.60 Å². The molecule has 1 aromatic carbocycles. The Morgan fingerprint density at radius 1 is 1.53 bits per heavy atom. The zero-order chi connectivity index (χ0) is 11.6. The van der Waals surface area contributed by atoms with E-state index in [4.69, 9.17) is 4.89 Å². The fourth-order valence-corrected chi connectivity index (χ4v) is 2.10.